The molecule has 32 heavy (non-hydrogen) atoms. The molecule has 176 valence electrons. The number of esters is 4. The Kier molecular flexibility index (Phi) is 9.45. The van der Waals surface area contributed by atoms with Crippen LogP contribution in [0.25, 0.3) is 0 Å². The number of carbonyl (C=O) groups is 4. The second-order valence-corrected chi connectivity index (χ2v) is 8.06. The van der Waals surface area contributed by atoms with Gasteiger partial charge in [-0.05, 0) is 11.6 Å². The number of hydrogen-bond donors (Lipinski definition) is 0. The predicted molar refractivity (Wildman–Crippen MR) is 110 cm³/mol. The molecule has 0 bridgehead atoms. The third kappa shape index (κ3) is 7.49. The van der Waals surface area contributed by atoms with E-state index in [0.717, 1.165) is 32.5 Å². The Morgan fingerprint density at radius 2 is 1.44 bits per heavy atom. The lowest BCUT2D eigenvalue weighted by molar-refractivity contribution is -0.237. The van der Waals surface area contributed by atoms with Crippen molar-refractivity contribution in [3.63, 3.8) is 0 Å². The molecule has 0 aromatic heterocycles. The predicted octanol–water partition coefficient (Wildman–Crippen LogP) is 2.14. The molecule has 0 unspecified atom stereocenters. The van der Waals surface area contributed by atoms with E-state index in [-0.39, 0.29) is 12.4 Å². The van der Waals surface area contributed by atoms with Crippen LogP contribution in [0.2, 0.25) is 0 Å². The van der Waals surface area contributed by atoms with Crippen molar-refractivity contribution in [1.29, 1.82) is 0 Å². The van der Waals surface area contributed by atoms with Gasteiger partial charge in [-0.3, -0.25) is 19.2 Å². The van der Waals surface area contributed by atoms with Crippen molar-refractivity contribution in [3.8, 4) is 0 Å². The van der Waals surface area contributed by atoms with Gasteiger partial charge in [0.2, 0.25) is 0 Å². The van der Waals surface area contributed by atoms with E-state index in [0.29, 0.717) is 5.56 Å². The fraction of sp³-hybridized carbons (Fsp3) is 0.524. The molecule has 0 aliphatic carbocycles. The summed E-state index contributed by atoms with van der Waals surface area (Å²) in [6.07, 6.45) is -4.67. The zero-order chi connectivity index (χ0) is 23.8. The molecule has 1 aromatic rings. The number of rotatable bonds is 8. The minimum Gasteiger partial charge on any atom is -0.463 e. The summed E-state index contributed by atoms with van der Waals surface area (Å²) in [6, 6.07) is 6.13. The molecule has 1 heterocycles. The molecule has 9 nitrogen and oxygen atoms in total. The van der Waals surface area contributed by atoms with Crippen molar-refractivity contribution < 1.29 is 47.3 Å². The van der Waals surface area contributed by atoms with E-state index in [9.17, 15) is 23.6 Å². The molecule has 0 N–H and O–H groups in total. The van der Waals surface area contributed by atoms with Gasteiger partial charge in [-0.1, -0.05) is 18.2 Å². The van der Waals surface area contributed by atoms with Gasteiger partial charge in [-0.2, -0.15) is 0 Å². The second-order valence-electron chi connectivity index (χ2n) is 6.97. The SMILES string of the molecule is CC(=O)OC[C@@H]1O[C@H](SCc2ccccc2F)[C@H](OC(C)=O)[C@H](OC(C)=O)[C@H]1OC(C)=O. The average Bonchev–Trinajstić information content (AvgIpc) is 2.68. The van der Waals surface area contributed by atoms with Crippen LogP contribution in [0.5, 0.6) is 0 Å². The standard InChI is InChI=1S/C21H25FO9S/c1-11(23)27-9-17-18(28-12(2)24)19(29-13(3)25)20(30-14(4)26)21(31-17)32-10-15-7-5-6-8-16(15)22/h5-8,17-21H,9-10H2,1-4H3/t17-,18-,19+,20+,21+/m0/s1. The van der Waals surface area contributed by atoms with E-state index in [4.69, 9.17) is 23.7 Å². The first-order valence-electron chi connectivity index (χ1n) is 9.74. The normalized spacial score (nSPS) is 24.8. The molecule has 1 saturated heterocycles. The molecule has 2 rings (SSSR count). The summed E-state index contributed by atoms with van der Waals surface area (Å²) in [5.41, 5.74) is -0.569. The van der Waals surface area contributed by atoms with Gasteiger partial charge in [-0.15, -0.1) is 11.8 Å². The summed E-state index contributed by atoms with van der Waals surface area (Å²) >= 11 is 1.09. The molecule has 0 radical (unpaired) electrons. The van der Waals surface area contributed by atoms with Crippen molar-refractivity contribution in [2.45, 2.75) is 63.3 Å². The molecule has 1 aliphatic heterocycles. The first-order valence-corrected chi connectivity index (χ1v) is 10.8. The van der Waals surface area contributed by atoms with Gasteiger partial charge in [0, 0.05) is 33.4 Å². The van der Waals surface area contributed by atoms with E-state index in [1.807, 2.05) is 0 Å². The van der Waals surface area contributed by atoms with Crippen LogP contribution in [0.4, 0.5) is 4.39 Å². The number of hydrogen-bond acceptors (Lipinski definition) is 10. The maximum Gasteiger partial charge on any atom is 0.303 e. The van der Waals surface area contributed by atoms with Gasteiger partial charge in [0.25, 0.3) is 0 Å². The minimum atomic E-state index is -1.24. The maximum atomic E-state index is 14.1. The lowest BCUT2D eigenvalue weighted by Crippen LogP contribution is -2.61. The number of benzene rings is 1. The second kappa shape index (κ2) is 11.8. The third-order valence-electron chi connectivity index (χ3n) is 4.31. The number of halogens is 1. The largest absolute Gasteiger partial charge is 0.463 e. The van der Waals surface area contributed by atoms with Crippen LogP contribution in [0.3, 0.4) is 0 Å². The molecular formula is C21H25FO9S. The van der Waals surface area contributed by atoms with Gasteiger partial charge in [0.05, 0.1) is 0 Å². The fourth-order valence-corrected chi connectivity index (χ4v) is 4.31. The molecule has 0 spiro atoms. The highest BCUT2D eigenvalue weighted by atomic mass is 32.2. The van der Waals surface area contributed by atoms with Crippen LogP contribution in [-0.2, 0) is 48.6 Å². The van der Waals surface area contributed by atoms with Gasteiger partial charge >= 0.3 is 23.9 Å². The third-order valence-corrected chi connectivity index (χ3v) is 5.49. The highest BCUT2D eigenvalue weighted by Crippen LogP contribution is 2.36. The van der Waals surface area contributed by atoms with Crippen LogP contribution in [0.1, 0.15) is 33.3 Å². The summed E-state index contributed by atoms with van der Waals surface area (Å²) in [4.78, 5) is 46.6. The zero-order valence-corrected chi connectivity index (χ0v) is 18.9. The highest BCUT2D eigenvalue weighted by Gasteiger charge is 2.52. The van der Waals surface area contributed by atoms with Crippen molar-refractivity contribution in [3.05, 3.63) is 35.6 Å². The quantitative estimate of drug-likeness (QED) is 0.412. The highest BCUT2D eigenvalue weighted by molar-refractivity contribution is 7.99. The minimum absolute atomic E-state index is 0.139. The molecule has 0 saturated carbocycles. The molecule has 1 aromatic carbocycles. The summed E-state index contributed by atoms with van der Waals surface area (Å²) in [7, 11) is 0. The van der Waals surface area contributed by atoms with Gasteiger partial charge in [0.15, 0.2) is 18.3 Å². The molecule has 5 atom stereocenters. The number of ether oxygens (including phenoxy) is 5. The lowest BCUT2D eigenvalue weighted by Gasteiger charge is -2.44. The van der Waals surface area contributed by atoms with Crippen LogP contribution >= 0.6 is 11.8 Å². The van der Waals surface area contributed by atoms with E-state index in [1.165, 1.54) is 13.0 Å². The Balaban J connectivity index is 2.37. The van der Waals surface area contributed by atoms with Crippen LogP contribution < -0.4 is 0 Å². The van der Waals surface area contributed by atoms with E-state index in [1.54, 1.807) is 18.2 Å². The van der Waals surface area contributed by atoms with Crippen LogP contribution in [0, 0.1) is 5.82 Å². The Morgan fingerprint density at radius 3 is 2.00 bits per heavy atom. The summed E-state index contributed by atoms with van der Waals surface area (Å²) in [6.45, 7) is 4.34. The Morgan fingerprint density at radius 1 is 0.875 bits per heavy atom. The summed E-state index contributed by atoms with van der Waals surface area (Å²) in [5, 5.41) is 0. The molecule has 1 aliphatic rings. The zero-order valence-electron chi connectivity index (χ0n) is 18.1. The first kappa shape index (κ1) is 25.6. The van der Waals surface area contributed by atoms with E-state index < -0.39 is 59.5 Å². The van der Waals surface area contributed by atoms with Crippen LogP contribution in [-0.4, -0.2) is 60.3 Å². The fourth-order valence-electron chi connectivity index (χ4n) is 3.11. The van der Waals surface area contributed by atoms with Crippen molar-refractivity contribution in [2.75, 3.05) is 6.61 Å². The Labute approximate surface area is 188 Å². The van der Waals surface area contributed by atoms with Crippen molar-refractivity contribution >= 4 is 35.6 Å². The smallest absolute Gasteiger partial charge is 0.303 e. The first-order chi connectivity index (χ1) is 15.1. The monoisotopic (exact) mass is 472 g/mol. The summed E-state index contributed by atoms with van der Waals surface area (Å²) < 4.78 is 41.1. The molecule has 11 heteroatoms. The lowest BCUT2D eigenvalue weighted by atomic mass is 9.99. The van der Waals surface area contributed by atoms with E-state index >= 15 is 0 Å². The van der Waals surface area contributed by atoms with Crippen molar-refractivity contribution in [1.82, 2.24) is 0 Å². The topological polar surface area (TPSA) is 114 Å². The van der Waals surface area contributed by atoms with Crippen LogP contribution in [0.15, 0.2) is 24.3 Å². The molecule has 0 amide bonds. The van der Waals surface area contributed by atoms with Gasteiger partial charge < -0.3 is 23.7 Å². The van der Waals surface area contributed by atoms with Crippen molar-refractivity contribution in [2.24, 2.45) is 0 Å². The number of carbonyl (C=O) groups excluding carboxylic acids is 4. The Hall–Kier alpha value is -2.66. The van der Waals surface area contributed by atoms with Gasteiger partial charge in [-0.25, -0.2) is 4.39 Å². The maximum absolute atomic E-state index is 14.1. The summed E-state index contributed by atoms with van der Waals surface area (Å²) in [5.74, 6) is -2.99. The molecule has 1 fully saturated rings. The van der Waals surface area contributed by atoms with E-state index in [2.05, 4.69) is 0 Å². The molecular weight excluding hydrogens is 447 g/mol. The average molecular weight is 472 g/mol. The Bertz CT molecular complexity index is 846. The van der Waals surface area contributed by atoms with Gasteiger partial charge in [0.1, 0.15) is 24.0 Å². The number of thioether (sulfide) groups is 1.